The van der Waals surface area contributed by atoms with Crippen LogP contribution in [0.15, 0.2) is 83.0 Å². The van der Waals surface area contributed by atoms with Crippen molar-refractivity contribution in [3.63, 3.8) is 0 Å². The van der Waals surface area contributed by atoms with E-state index in [0.717, 1.165) is 22.3 Å². The Labute approximate surface area is 177 Å². The van der Waals surface area contributed by atoms with Gasteiger partial charge in [0.1, 0.15) is 0 Å². The van der Waals surface area contributed by atoms with Gasteiger partial charge in [0.05, 0.1) is 16.8 Å². The third kappa shape index (κ3) is 5.70. The van der Waals surface area contributed by atoms with Crippen LogP contribution in [0.4, 0.5) is 0 Å². The van der Waals surface area contributed by atoms with E-state index in [4.69, 9.17) is 17.3 Å². The first-order valence-corrected chi connectivity index (χ1v) is 10.1. The monoisotopic (exact) mass is 423 g/mol. The number of carboxylic acids is 1. The van der Waals surface area contributed by atoms with Crippen LogP contribution in [-0.4, -0.2) is 22.5 Å². The molecule has 0 spiro atoms. The lowest BCUT2D eigenvalue weighted by Crippen LogP contribution is -2.06. The molecule has 0 aromatic heterocycles. The number of hydrogen-bond donors (Lipinski definition) is 2. The molecule has 3 N–H and O–H groups in total. The number of benzene rings is 3. The first kappa shape index (κ1) is 20.6. The van der Waals surface area contributed by atoms with Gasteiger partial charge >= 0.3 is 5.97 Å². The molecule has 0 radical (unpaired) electrons. The van der Waals surface area contributed by atoms with Gasteiger partial charge in [-0.3, -0.25) is 0 Å². The number of hydrogen-bond acceptors (Lipinski definition) is 4. The van der Waals surface area contributed by atoms with Crippen LogP contribution in [-0.2, 0) is 5.75 Å². The largest absolute Gasteiger partial charge is 0.478 e. The van der Waals surface area contributed by atoms with Crippen LogP contribution in [0, 0.1) is 0 Å². The van der Waals surface area contributed by atoms with Gasteiger partial charge in [-0.1, -0.05) is 84.0 Å². The fourth-order valence-electron chi connectivity index (χ4n) is 2.64. The molecule has 0 aliphatic heterocycles. The minimum atomic E-state index is -1.07. The predicted octanol–water partition coefficient (Wildman–Crippen LogP) is 5.29. The van der Waals surface area contributed by atoms with E-state index >= 15 is 0 Å². The number of carbonyl (C=O) groups is 1. The molecular weight excluding hydrogens is 406 g/mol. The number of nitrogens with two attached hydrogens (primary N) is 1. The molecule has 5 nitrogen and oxygen atoms in total. The van der Waals surface area contributed by atoms with Crippen LogP contribution in [0.2, 0.25) is 5.02 Å². The van der Waals surface area contributed by atoms with Gasteiger partial charge in [-0.05, 0) is 28.8 Å². The van der Waals surface area contributed by atoms with E-state index in [0.29, 0.717) is 10.9 Å². The Morgan fingerprint density at radius 2 is 1.79 bits per heavy atom. The van der Waals surface area contributed by atoms with Crippen molar-refractivity contribution in [2.75, 3.05) is 0 Å². The lowest BCUT2D eigenvalue weighted by atomic mass is 9.98. The lowest BCUT2D eigenvalue weighted by Gasteiger charge is -2.08. The highest BCUT2D eigenvalue weighted by Gasteiger charge is 2.11. The Bertz CT molecular complexity index is 1070. The van der Waals surface area contributed by atoms with Crippen LogP contribution in [0.5, 0.6) is 0 Å². The van der Waals surface area contributed by atoms with Crippen molar-refractivity contribution in [1.82, 2.24) is 0 Å². The number of aromatic carboxylic acids is 1. The van der Waals surface area contributed by atoms with Gasteiger partial charge in [-0.2, -0.15) is 5.10 Å². The van der Waals surface area contributed by atoms with Gasteiger partial charge in [-0.25, -0.2) is 4.79 Å². The fourth-order valence-corrected chi connectivity index (χ4v) is 3.45. The summed E-state index contributed by atoms with van der Waals surface area (Å²) in [6, 6.07) is 22.4. The number of carboxylic acid groups (broad SMARTS) is 1. The maximum absolute atomic E-state index is 11.4. The van der Waals surface area contributed by atoms with Crippen LogP contribution in [0.1, 0.15) is 21.5 Å². The first-order chi connectivity index (χ1) is 14.0. The van der Waals surface area contributed by atoms with E-state index in [1.807, 2.05) is 54.6 Å². The number of halogens is 1. The summed E-state index contributed by atoms with van der Waals surface area (Å²) in [7, 11) is 0. The first-order valence-electron chi connectivity index (χ1n) is 8.70. The molecule has 29 heavy (non-hydrogen) atoms. The van der Waals surface area contributed by atoms with Crippen LogP contribution < -0.4 is 5.73 Å². The Balaban J connectivity index is 1.77. The molecule has 0 amide bonds. The molecule has 7 heteroatoms. The highest BCUT2D eigenvalue weighted by molar-refractivity contribution is 8.13. The molecule has 0 saturated heterocycles. The maximum atomic E-state index is 11.4. The number of thioether (sulfide) groups is 1. The number of amidine groups is 1. The SMILES string of the molecule is NC(=NN=Cc1ccccc1-c1ccc(Cl)c(C(=O)O)c1)SCc1ccccc1. The average Bonchev–Trinajstić information content (AvgIpc) is 2.73. The number of nitrogens with zero attached hydrogens (tertiary/aromatic N) is 2. The highest BCUT2D eigenvalue weighted by atomic mass is 35.5. The second kappa shape index (κ2) is 9.91. The smallest absolute Gasteiger partial charge is 0.337 e. The van der Waals surface area contributed by atoms with E-state index < -0.39 is 5.97 Å². The quantitative estimate of drug-likeness (QED) is 0.320. The van der Waals surface area contributed by atoms with Crippen molar-refractivity contribution in [3.05, 3.63) is 94.5 Å². The molecule has 0 bridgehead atoms. The minimum absolute atomic E-state index is 0.0514. The lowest BCUT2D eigenvalue weighted by molar-refractivity contribution is 0.0697. The maximum Gasteiger partial charge on any atom is 0.337 e. The molecule has 0 saturated carbocycles. The van der Waals surface area contributed by atoms with Gasteiger partial charge in [0, 0.05) is 11.3 Å². The Morgan fingerprint density at radius 3 is 2.55 bits per heavy atom. The summed E-state index contributed by atoms with van der Waals surface area (Å²) in [5.74, 6) is -0.360. The molecule has 0 unspecified atom stereocenters. The Hall–Kier alpha value is -3.09. The molecule has 0 fully saturated rings. The normalized spacial score (nSPS) is 11.7. The van der Waals surface area contributed by atoms with E-state index in [9.17, 15) is 9.90 Å². The molecule has 3 aromatic carbocycles. The summed E-state index contributed by atoms with van der Waals surface area (Å²) in [5, 5.41) is 18.0. The summed E-state index contributed by atoms with van der Waals surface area (Å²) >= 11 is 7.38. The van der Waals surface area contributed by atoms with E-state index in [1.165, 1.54) is 11.8 Å². The Morgan fingerprint density at radius 1 is 1.07 bits per heavy atom. The summed E-state index contributed by atoms with van der Waals surface area (Å²) in [4.78, 5) is 11.4. The van der Waals surface area contributed by atoms with Crippen molar-refractivity contribution < 1.29 is 9.90 Å². The molecular formula is C22H18ClN3O2S. The number of rotatable bonds is 6. The van der Waals surface area contributed by atoms with Crippen LogP contribution >= 0.6 is 23.4 Å². The van der Waals surface area contributed by atoms with Crippen molar-refractivity contribution in [3.8, 4) is 11.1 Å². The van der Waals surface area contributed by atoms with Crippen LogP contribution in [0.3, 0.4) is 0 Å². The third-order valence-electron chi connectivity index (χ3n) is 4.05. The van der Waals surface area contributed by atoms with Gasteiger partial charge < -0.3 is 10.8 Å². The van der Waals surface area contributed by atoms with Crippen molar-refractivity contribution >= 4 is 40.7 Å². The van der Waals surface area contributed by atoms with E-state index in [-0.39, 0.29) is 10.6 Å². The van der Waals surface area contributed by atoms with Crippen LogP contribution in [0.25, 0.3) is 11.1 Å². The van der Waals surface area contributed by atoms with E-state index in [1.54, 1.807) is 24.4 Å². The minimum Gasteiger partial charge on any atom is -0.478 e. The Kier molecular flexibility index (Phi) is 7.05. The van der Waals surface area contributed by atoms with Crippen molar-refractivity contribution in [2.45, 2.75) is 5.75 Å². The van der Waals surface area contributed by atoms with Crippen molar-refractivity contribution in [2.24, 2.45) is 15.9 Å². The molecule has 0 heterocycles. The average molecular weight is 424 g/mol. The second-order valence-electron chi connectivity index (χ2n) is 6.04. The molecule has 0 atom stereocenters. The summed E-state index contributed by atoms with van der Waals surface area (Å²) in [6.45, 7) is 0. The molecule has 146 valence electrons. The van der Waals surface area contributed by atoms with Gasteiger partial charge in [-0.15, -0.1) is 5.10 Å². The highest BCUT2D eigenvalue weighted by Crippen LogP contribution is 2.27. The third-order valence-corrected chi connectivity index (χ3v) is 5.24. The summed E-state index contributed by atoms with van der Waals surface area (Å²) < 4.78 is 0. The zero-order valence-corrected chi connectivity index (χ0v) is 16.9. The molecule has 3 aromatic rings. The van der Waals surface area contributed by atoms with Crippen molar-refractivity contribution in [1.29, 1.82) is 0 Å². The zero-order chi connectivity index (χ0) is 20.6. The zero-order valence-electron chi connectivity index (χ0n) is 15.3. The van der Waals surface area contributed by atoms with Gasteiger partial charge in [0.2, 0.25) is 0 Å². The second-order valence-corrected chi connectivity index (χ2v) is 7.45. The van der Waals surface area contributed by atoms with Gasteiger partial charge in [0.25, 0.3) is 0 Å². The molecule has 3 rings (SSSR count). The predicted molar refractivity (Wildman–Crippen MR) is 121 cm³/mol. The standard InChI is InChI=1S/C22H18ClN3O2S/c23-20-11-10-16(12-19(20)21(27)28)18-9-5-4-8-17(18)13-25-26-22(24)29-14-15-6-2-1-3-7-15/h1-13H,14H2,(H2,24,26)(H,27,28). The topological polar surface area (TPSA) is 88.0 Å². The molecule has 0 aliphatic rings. The fraction of sp³-hybridized carbons (Fsp3) is 0.0455. The summed E-state index contributed by atoms with van der Waals surface area (Å²) in [5.41, 5.74) is 9.46. The summed E-state index contributed by atoms with van der Waals surface area (Å²) in [6.07, 6.45) is 1.60. The van der Waals surface area contributed by atoms with Gasteiger partial charge in [0.15, 0.2) is 5.17 Å². The van der Waals surface area contributed by atoms with E-state index in [2.05, 4.69) is 10.2 Å². The molecule has 0 aliphatic carbocycles.